The first kappa shape index (κ1) is 31.1. The summed E-state index contributed by atoms with van der Waals surface area (Å²) in [4.78, 5) is 13.6. The second-order valence-electron chi connectivity index (χ2n) is 10.6. The van der Waals surface area contributed by atoms with E-state index in [4.69, 9.17) is 23.7 Å². The molecule has 2 aromatic carbocycles. The van der Waals surface area contributed by atoms with Gasteiger partial charge >= 0.3 is 0 Å². The van der Waals surface area contributed by atoms with Gasteiger partial charge in [-0.1, -0.05) is 6.07 Å². The molecule has 16 nitrogen and oxygen atoms in total. The number of ether oxygens (including phenoxy) is 5. The summed E-state index contributed by atoms with van der Waals surface area (Å²) in [5.74, 6) is -3.26. The molecule has 43 heavy (non-hydrogen) atoms. The number of rotatable bonds is 6. The summed E-state index contributed by atoms with van der Waals surface area (Å²) in [5.41, 5.74) is -0.294. The van der Waals surface area contributed by atoms with Gasteiger partial charge in [-0.3, -0.25) is 4.79 Å². The average Bonchev–Trinajstić information content (AvgIpc) is 2.96. The summed E-state index contributed by atoms with van der Waals surface area (Å²) in [6.07, 6.45) is -19.1. The van der Waals surface area contributed by atoms with Crippen molar-refractivity contribution < 1.29 is 79.5 Å². The molecule has 0 bridgehead atoms. The van der Waals surface area contributed by atoms with Gasteiger partial charge in [-0.2, -0.15) is 0 Å². The topological polar surface area (TPSA) is 266 Å². The Hall–Kier alpha value is -3.29. The van der Waals surface area contributed by atoms with Crippen molar-refractivity contribution in [2.24, 2.45) is 0 Å². The van der Waals surface area contributed by atoms with Crippen molar-refractivity contribution in [2.45, 2.75) is 80.5 Å². The van der Waals surface area contributed by atoms with Crippen molar-refractivity contribution in [2.75, 3.05) is 6.61 Å². The molecule has 3 heterocycles. The number of Topliss-reactive ketones (excluding diaryl/α,β-unsaturated/α-hetero) is 1. The molecule has 0 aromatic heterocycles. The second-order valence-corrected chi connectivity index (χ2v) is 10.6. The first-order valence-corrected chi connectivity index (χ1v) is 13.2. The van der Waals surface area contributed by atoms with Crippen LogP contribution in [-0.4, -0.2) is 131 Å². The van der Waals surface area contributed by atoms with E-state index in [2.05, 4.69) is 0 Å². The van der Waals surface area contributed by atoms with Crippen molar-refractivity contribution in [1.82, 2.24) is 0 Å². The van der Waals surface area contributed by atoms with Gasteiger partial charge in [0.25, 0.3) is 0 Å². The highest BCUT2D eigenvalue weighted by Gasteiger charge is 2.50. The van der Waals surface area contributed by atoms with Crippen molar-refractivity contribution in [1.29, 1.82) is 0 Å². The largest absolute Gasteiger partial charge is 0.508 e. The van der Waals surface area contributed by atoms with E-state index in [0.717, 1.165) is 24.3 Å². The van der Waals surface area contributed by atoms with Gasteiger partial charge in [0.15, 0.2) is 36.3 Å². The highest BCUT2D eigenvalue weighted by Crippen LogP contribution is 2.44. The number of aromatic hydroxyl groups is 4. The third kappa shape index (κ3) is 5.82. The fraction of sp³-hybridized carbons (Fsp3) is 0.519. The standard InChI is InChI=1S/C27H32O16/c1-8-17(32)20(35)22(37)26(40-8)39-7-15-18(33)21(36)23(38)27(42-15)43-25-19(34)16-13(31)5-10(28)6-14(16)41-24(25)9-2-3-11(29)12(30)4-9/h2-6,8,15,17-18,20-33,35-38H,7H2,1H3. The number of benzene rings is 2. The van der Waals surface area contributed by atoms with Gasteiger partial charge in [0, 0.05) is 12.1 Å². The number of carbonyl (C=O) groups excluding carboxylic acids is 1. The van der Waals surface area contributed by atoms with E-state index in [1.54, 1.807) is 0 Å². The molecule has 0 radical (unpaired) electrons. The molecule has 12 atom stereocenters. The minimum Gasteiger partial charge on any atom is -0.508 e. The lowest BCUT2D eigenvalue weighted by molar-refractivity contribution is -0.333. The number of phenolic OH excluding ortho intramolecular Hbond substituents is 4. The first-order valence-electron chi connectivity index (χ1n) is 13.2. The van der Waals surface area contributed by atoms with Crippen LogP contribution in [0.4, 0.5) is 0 Å². The molecule has 3 aliphatic rings. The Balaban J connectivity index is 1.40. The number of fused-ring (bicyclic) bond motifs is 1. The number of aliphatic hydroxyl groups is 6. The third-order valence-electron chi connectivity index (χ3n) is 7.61. The second kappa shape index (κ2) is 12.0. The van der Waals surface area contributed by atoms with Crippen molar-refractivity contribution in [3.63, 3.8) is 0 Å². The molecule has 12 unspecified atom stereocenters. The Morgan fingerprint density at radius 1 is 0.744 bits per heavy atom. The Labute approximate surface area is 243 Å². The van der Waals surface area contributed by atoms with Crippen LogP contribution in [0.2, 0.25) is 0 Å². The molecule has 3 aliphatic heterocycles. The predicted octanol–water partition coefficient (Wildman–Crippen LogP) is -2.14. The SMILES string of the molecule is CC1OC(OCC2OC(OC3C(=O)c4c(O)cc(O)cc4OC3c3ccc(O)c(O)c3)C(O)C(O)C2O)C(O)C(O)C1O. The smallest absolute Gasteiger partial charge is 0.203 e. The van der Waals surface area contributed by atoms with Crippen LogP contribution in [0, 0.1) is 0 Å². The highest BCUT2D eigenvalue weighted by molar-refractivity contribution is 6.05. The Bertz CT molecular complexity index is 1340. The third-order valence-corrected chi connectivity index (χ3v) is 7.61. The maximum Gasteiger partial charge on any atom is 0.203 e. The van der Waals surface area contributed by atoms with Crippen LogP contribution in [-0.2, 0) is 18.9 Å². The van der Waals surface area contributed by atoms with Crippen LogP contribution in [0.5, 0.6) is 28.7 Å². The predicted molar refractivity (Wildman–Crippen MR) is 137 cm³/mol. The quantitative estimate of drug-likeness (QED) is 0.156. The zero-order valence-electron chi connectivity index (χ0n) is 22.4. The molecule has 0 aliphatic carbocycles. The lowest BCUT2D eigenvalue weighted by Crippen LogP contribution is -2.62. The zero-order chi connectivity index (χ0) is 31.3. The number of phenols is 4. The molecule has 0 amide bonds. The average molecular weight is 613 g/mol. The van der Waals surface area contributed by atoms with Crippen molar-refractivity contribution in [3.05, 3.63) is 41.5 Å². The maximum absolute atomic E-state index is 13.6. The van der Waals surface area contributed by atoms with E-state index in [0.29, 0.717) is 0 Å². The van der Waals surface area contributed by atoms with Gasteiger partial charge in [0.2, 0.25) is 5.78 Å². The zero-order valence-corrected chi connectivity index (χ0v) is 22.4. The summed E-state index contributed by atoms with van der Waals surface area (Å²) < 4.78 is 28.1. The number of aliphatic hydroxyl groups excluding tert-OH is 6. The molecule has 0 spiro atoms. The summed E-state index contributed by atoms with van der Waals surface area (Å²) in [6.45, 7) is 0.840. The van der Waals surface area contributed by atoms with E-state index < -0.39 is 109 Å². The maximum atomic E-state index is 13.6. The summed E-state index contributed by atoms with van der Waals surface area (Å²) in [7, 11) is 0. The van der Waals surface area contributed by atoms with E-state index in [9.17, 15) is 55.9 Å². The van der Waals surface area contributed by atoms with Gasteiger partial charge in [-0.15, -0.1) is 0 Å². The Morgan fingerprint density at radius 2 is 1.42 bits per heavy atom. The van der Waals surface area contributed by atoms with E-state index in [1.807, 2.05) is 0 Å². The first-order chi connectivity index (χ1) is 20.3. The molecule has 16 heteroatoms. The normalized spacial score (nSPS) is 37.9. The molecular weight excluding hydrogens is 580 g/mol. The van der Waals surface area contributed by atoms with Crippen LogP contribution in [0.1, 0.15) is 28.9 Å². The van der Waals surface area contributed by atoms with Crippen molar-refractivity contribution in [3.8, 4) is 28.7 Å². The number of ketones is 1. The number of hydrogen-bond donors (Lipinski definition) is 10. The van der Waals surface area contributed by atoms with Gasteiger partial charge in [0.05, 0.1) is 12.7 Å². The molecule has 10 N–H and O–H groups in total. The summed E-state index contributed by atoms with van der Waals surface area (Å²) in [6, 6.07) is 5.44. The molecule has 2 fully saturated rings. The van der Waals surface area contributed by atoms with Crippen LogP contribution < -0.4 is 4.74 Å². The summed E-state index contributed by atoms with van der Waals surface area (Å²) >= 11 is 0. The van der Waals surface area contributed by atoms with Gasteiger partial charge in [-0.25, -0.2) is 0 Å². The monoisotopic (exact) mass is 612 g/mol. The fourth-order valence-corrected chi connectivity index (χ4v) is 5.15. The van der Waals surface area contributed by atoms with Gasteiger partial charge in [0.1, 0.15) is 65.5 Å². The van der Waals surface area contributed by atoms with Crippen LogP contribution >= 0.6 is 0 Å². The lowest BCUT2D eigenvalue weighted by Gasteiger charge is -2.44. The van der Waals surface area contributed by atoms with E-state index >= 15 is 0 Å². The van der Waals surface area contributed by atoms with Crippen LogP contribution in [0.3, 0.4) is 0 Å². The fourth-order valence-electron chi connectivity index (χ4n) is 5.15. The Morgan fingerprint density at radius 3 is 2.12 bits per heavy atom. The molecule has 236 valence electrons. The minimum absolute atomic E-state index is 0.0891. The molecular formula is C27H32O16. The van der Waals surface area contributed by atoms with E-state index in [1.165, 1.54) is 13.0 Å². The molecule has 0 saturated carbocycles. The van der Waals surface area contributed by atoms with Crippen LogP contribution in [0.25, 0.3) is 0 Å². The number of hydrogen-bond acceptors (Lipinski definition) is 16. The molecule has 2 aromatic rings. The number of carbonyl (C=O) groups is 1. The molecule has 2 saturated heterocycles. The van der Waals surface area contributed by atoms with Crippen molar-refractivity contribution >= 4 is 5.78 Å². The van der Waals surface area contributed by atoms with Gasteiger partial charge < -0.3 is 74.7 Å². The highest BCUT2D eigenvalue weighted by atomic mass is 16.7. The molecule has 5 rings (SSSR count). The van der Waals surface area contributed by atoms with E-state index in [-0.39, 0.29) is 16.9 Å². The minimum atomic E-state index is -1.93. The van der Waals surface area contributed by atoms with Crippen LogP contribution in [0.15, 0.2) is 30.3 Å². The van der Waals surface area contributed by atoms with Gasteiger partial charge in [-0.05, 0) is 24.6 Å². The summed E-state index contributed by atoms with van der Waals surface area (Å²) in [5, 5.41) is 102. The Kier molecular flexibility index (Phi) is 8.70. The lowest BCUT2D eigenvalue weighted by atomic mass is 9.92.